The molecule has 0 aliphatic heterocycles. The first kappa shape index (κ1) is 18.7. The van der Waals surface area contributed by atoms with E-state index in [0.717, 1.165) is 22.2 Å². The van der Waals surface area contributed by atoms with Gasteiger partial charge in [-0.05, 0) is 32.4 Å². The van der Waals surface area contributed by atoms with E-state index in [2.05, 4.69) is 4.98 Å². The first-order chi connectivity index (χ1) is 13.0. The molecule has 1 heterocycles. The maximum absolute atomic E-state index is 12.7. The number of fused-ring (bicyclic) bond motifs is 1. The van der Waals surface area contributed by atoms with Crippen molar-refractivity contribution in [2.75, 3.05) is 6.61 Å². The highest BCUT2D eigenvalue weighted by Gasteiger charge is 2.22. The van der Waals surface area contributed by atoms with Crippen molar-refractivity contribution in [1.29, 1.82) is 0 Å². The van der Waals surface area contributed by atoms with E-state index >= 15 is 0 Å². The van der Waals surface area contributed by atoms with Crippen LogP contribution >= 0.6 is 0 Å². The maximum atomic E-state index is 12.7. The highest BCUT2D eigenvalue weighted by atomic mass is 16.5. The van der Waals surface area contributed by atoms with E-state index in [4.69, 9.17) is 4.74 Å². The Hall–Kier alpha value is -3.08. The van der Waals surface area contributed by atoms with E-state index in [-0.39, 0.29) is 18.6 Å². The van der Waals surface area contributed by atoms with Gasteiger partial charge in [0.2, 0.25) is 0 Å². The number of aryl methyl sites for hydroxylation is 1. The van der Waals surface area contributed by atoms with Gasteiger partial charge < -0.3 is 14.6 Å². The number of aromatic amines is 1. The lowest BCUT2D eigenvalue weighted by molar-refractivity contribution is -0.136. The number of aromatic nitrogens is 1. The highest BCUT2D eigenvalue weighted by molar-refractivity contribution is 6.06. The average molecular weight is 364 g/mol. The molecule has 0 radical (unpaired) electrons. The van der Waals surface area contributed by atoms with Crippen LogP contribution < -0.4 is 0 Å². The predicted octanol–water partition coefficient (Wildman–Crippen LogP) is 4.07. The van der Waals surface area contributed by atoms with Crippen LogP contribution in [0, 0.1) is 6.92 Å². The van der Waals surface area contributed by atoms with Gasteiger partial charge in [0.25, 0.3) is 5.91 Å². The summed E-state index contributed by atoms with van der Waals surface area (Å²) in [5.41, 5.74) is 3.13. The third kappa shape index (κ3) is 4.19. The molecule has 5 nitrogen and oxygen atoms in total. The van der Waals surface area contributed by atoms with Crippen LogP contribution in [0.3, 0.4) is 0 Å². The molecule has 0 saturated carbocycles. The largest absolute Gasteiger partial charge is 0.452 e. The molecule has 1 amide bonds. The number of hydrogen-bond donors (Lipinski definition) is 1. The minimum atomic E-state index is -0.485. The van der Waals surface area contributed by atoms with Gasteiger partial charge in [0.1, 0.15) is 0 Å². The minimum Gasteiger partial charge on any atom is -0.452 e. The number of benzene rings is 2. The lowest BCUT2D eigenvalue weighted by Gasteiger charge is -2.26. The van der Waals surface area contributed by atoms with E-state index in [9.17, 15) is 9.59 Å². The predicted molar refractivity (Wildman–Crippen MR) is 105 cm³/mol. The van der Waals surface area contributed by atoms with Crippen molar-refractivity contribution in [2.24, 2.45) is 0 Å². The monoisotopic (exact) mass is 364 g/mol. The van der Waals surface area contributed by atoms with Gasteiger partial charge in [0.05, 0.1) is 5.56 Å². The topological polar surface area (TPSA) is 62.4 Å². The first-order valence-electron chi connectivity index (χ1n) is 9.05. The summed E-state index contributed by atoms with van der Waals surface area (Å²) in [5, 5.41) is 0.803. The molecule has 0 unspecified atom stereocenters. The standard InChI is InChI=1S/C22H24N2O3/c1-15(2)24(13-17-9-5-4-6-10-17)20(25)14-27-22(26)21-16(3)23-19-12-8-7-11-18(19)21/h4-12,15,23H,13-14H2,1-3H3. The van der Waals surface area contributed by atoms with Gasteiger partial charge in [-0.3, -0.25) is 4.79 Å². The number of para-hydroxylation sites is 1. The molecule has 27 heavy (non-hydrogen) atoms. The molecule has 2 aromatic carbocycles. The number of nitrogens with zero attached hydrogens (tertiary/aromatic N) is 1. The van der Waals surface area contributed by atoms with Crippen molar-refractivity contribution in [3.8, 4) is 0 Å². The summed E-state index contributed by atoms with van der Waals surface area (Å²) in [6.07, 6.45) is 0. The summed E-state index contributed by atoms with van der Waals surface area (Å²) in [5.74, 6) is -0.693. The molecule has 3 rings (SSSR count). The van der Waals surface area contributed by atoms with E-state index in [0.29, 0.717) is 12.1 Å². The zero-order valence-corrected chi connectivity index (χ0v) is 15.9. The summed E-state index contributed by atoms with van der Waals surface area (Å²) in [6.45, 7) is 5.94. The van der Waals surface area contributed by atoms with Crippen LogP contribution in [-0.4, -0.2) is 34.4 Å². The SMILES string of the molecule is Cc1[nH]c2ccccc2c1C(=O)OCC(=O)N(Cc1ccccc1)C(C)C. The zero-order valence-electron chi connectivity index (χ0n) is 15.9. The summed E-state index contributed by atoms with van der Waals surface area (Å²) in [4.78, 5) is 30.1. The number of amides is 1. The number of hydrogen-bond acceptors (Lipinski definition) is 3. The molecule has 0 aliphatic carbocycles. The fraction of sp³-hybridized carbons (Fsp3) is 0.273. The van der Waals surface area contributed by atoms with Crippen molar-refractivity contribution in [2.45, 2.75) is 33.4 Å². The first-order valence-corrected chi connectivity index (χ1v) is 9.05. The second-order valence-electron chi connectivity index (χ2n) is 6.85. The molecule has 1 N–H and O–H groups in total. The summed E-state index contributed by atoms with van der Waals surface area (Å²) in [7, 11) is 0. The average Bonchev–Trinajstić information content (AvgIpc) is 3.00. The number of carbonyl (C=O) groups is 2. The van der Waals surface area contributed by atoms with Gasteiger partial charge in [-0.15, -0.1) is 0 Å². The molecule has 0 saturated heterocycles. The Bertz CT molecular complexity index is 945. The van der Waals surface area contributed by atoms with Gasteiger partial charge in [-0.2, -0.15) is 0 Å². The minimum absolute atomic E-state index is 0.00577. The lowest BCUT2D eigenvalue weighted by Crippen LogP contribution is -2.39. The van der Waals surface area contributed by atoms with E-state index in [1.54, 1.807) is 4.90 Å². The van der Waals surface area contributed by atoms with Crippen LogP contribution in [-0.2, 0) is 16.1 Å². The maximum Gasteiger partial charge on any atom is 0.341 e. The quantitative estimate of drug-likeness (QED) is 0.671. The molecule has 0 spiro atoms. The van der Waals surface area contributed by atoms with Gasteiger partial charge >= 0.3 is 5.97 Å². The van der Waals surface area contributed by atoms with E-state index in [1.165, 1.54) is 0 Å². The molecule has 5 heteroatoms. The Morgan fingerprint density at radius 2 is 1.70 bits per heavy atom. The summed E-state index contributed by atoms with van der Waals surface area (Å²) < 4.78 is 5.36. The second kappa shape index (κ2) is 8.08. The molecular formula is C22H24N2O3. The molecule has 0 bridgehead atoms. The van der Waals surface area contributed by atoms with E-state index < -0.39 is 5.97 Å². The van der Waals surface area contributed by atoms with Gasteiger partial charge in [-0.25, -0.2) is 4.79 Å². The van der Waals surface area contributed by atoms with Crippen molar-refractivity contribution in [3.05, 3.63) is 71.4 Å². The van der Waals surface area contributed by atoms with Crippen LogP contribution in [0.2, 0.25) is 0 Å². The van der Waals surface area contributed by atoms with Gasteiger partial charge in [0, 0.05) is 29.2 Å². The third-order valence-corrected chi connectivity index (χ3v) is 4.56. The van der Waals surface area contributed by atoms with Crippen LogP contribution in [0.25, 0.3) is 10.9 Å². The number of nitrogens with one attached hydrogen (secondary N) is 1. The number of carbonyl (C=O) groups excluding carboxylic acids is 2. The van der Waals surface area contributed by atoms with Crippen LogP contribution in [0.4, 0.5) is 0 Å². The number of H-pyrrole nitrogens is 1. The molecule has 3 aromatic rings. The number of esters is 1. The van der Waals surface area contributed by atoms with Gasteiger partial charge in [-0.1, -0.05) is 48.5 Å². The normalized spacial score (nSPS) is 11.0. The summed E-state index contributed by atoms with van der Waals surface area (Å²) >= 11 is 0. The fourth-order valence-corrected chi connectivity index (χ4v) is 3.16. The smallest absolute Gasteiger partial charge is 0.341 e. The second-order valence-corrected chi connectivity index (χ2v) is 6.85. The molecule has 140 valence electrons. The third-order valence-electron chi connectivity index (χ3n) is 4.56. The van der Waals surface area contributed by atoms with Crippen molar-refractivity contribution in [1.82, 2.24) is 9.88 Å². The molecule has 0 fully saturated rings. The van der Waals surface area contributed by atoms with Crippen molar-refractivity contribution >= 4 is 22.8 Å². The fourth-order valence-electron chi connectivity index (χ4n) is 3.16. The van der Waals surface area contributed by atoms with Crippen molar-refractivity contribution in [3.63, 3.8) is 0 Å². The van der Waals surface area contributed by atoms with Crippen LogP contribution in [0.1, 0.15) is 35.5 Å². The Labute approximate surface area is 158 Å². The van der Waals surface area contributed by atoms with Crippen LogP contribution in [0.15, 0.2) is 54.6 Å². The number of rotatable bonds is 6. The highest BCUT2D eigenvalue weighted by Crippen LogP contribution is 2.22. The lowest BCUT2D eigenvalue weighted by atomic mass is 10.1. The Balaban J connectivity index is 1.69. The Morgan fingerprint density at radius 1 is 1.04 bits per heavy atom. The number of ether oxygens (including phenoxy) is 1. The zero-order chi connectivity index (χ0) is 19.4. The van der Waals surface area contributed by atoms with Crippen molar-refractivity contribution < 1.29 is 14.3 Å². The summed E-state index contributed by atoms with van der Waals surface area (Å²) in [6, 6.07) is 17.3. The van der Waals surface area contributed by atoms with E-state index in [1.807, 2.05) is 75.4 Å². The Morgan fingerprint density at radius 3 is 2.41 bits per heavy atom. The molecular weight excluding hydrogens is 340 g/mol. The Kier molecular flexibility index (Phi) is 5.60. The van der Waals surface area contributed by atoms with Crippen LogP contribution in [0.5, 0.6) is 0 Å². The molecule has 0 aliphatic rings. The van der Waals surface area contributed by atoms with Gasteiger partial charge in [0.15, 0.2) is 6.61 Å². The molecule has 0 atom stereocenters. The molecule has 1 aromatic heterocycles.